The lowest BCUT2D eigenvalue weighted by atomic mass is 10.1. The third kappa shape index (κ3) is 3.83. The molecule has 2 N–H and O–H groups in total. The van der Waals surface area contributed by atoms with E-state index in [9.17, 15) is 9.18 Å². The predicted octanol–water partition coefficient (Wildman–Crippen LogP) is 2.73. The highest BCUT2D eigenvalue weighted by Gasteiger charge is 2.21. The molecule has 0 aliphatic carbocycles. The van der Waals surface area contributed by atoms with Gasteiger partial charge in [0.05, 0.1) is 23.0 Å². The number of aliphatic imine (C=N–C) groups is 1. The Morgan fingerprint density at radius 3 is 2.53 bits per heavy atom. The van der Waals surface area contributed by atoms with Crippen molar-refractivity contribution in [3.05, 3.63) is 64.2 Å². The maximum atomic E-state index is 13.1. The second kappa shape index (κ2) is 7.97. The summed E-state index contributed by atoms with van der Waals surface area (Å²) in [6.07, 6.45) is 1.06. The lowest BCUT2D eigenvalue weighted by Crippen LogP contribution is -2.37. The van der Waals surface area contributed by atoms with Crippen molar-refractivity contribution in [2.75, 3.05) is 38.0 Å². The van der Waals surface area contributed by atoms with Crippen molar-refractivity contribution in [1.82, 2.24) is 20.0 Å². The van der Waals surface area contributed by atoms with Crippen molar-refractivity contribution in [2.24, 2.45) is 4.99 Å². The van der Waals surface area contributed by atoms with Gasteiger partial charge in [-0.15, -0.1) is 0 Å². The number of aromatic nitrogens is 2. The minimum atomic E-state index is -0.204. The largest absolute Gasteiger partial charge is 0.342 e. The number of aromatic amines is 1. The molecule has 2 aromatic carbocycles. The second-order valence-corrected chi connectivity index (χ2v) is 7.82. The van der Waals surface area contributed by atoms with Crippen LogP contribution in [0.25, 0.3) is 10.8 Å². The molecule has 3 heterocycles. The third-order valence-electron chi connectivity index (χ3n) is 5.69. The Bertz CT molecular complexity index is 1160. The Labute approximate surface area is 173 Å². The fourth-order valence-electron chi connectivity index (χ4n) is 4.17. The normalized spacial score (nSPS) is 17.4. The molecule has 0 unspecified atom stereocenters. The quantitative estimate of drug-likeness (QED) is 0.697. The molecule has 154 valence electrons. The molecule has 1 fully saturated rings. The molecule has 0 spiro atoms. The highest BCUT2D eigenvalue weighted by atomic mass is 19.1. The van der Waals surface area contributed by atoms with Crippen LogP contribution < -0.4 is 10.9 Å². The molecule has 8 heteroatoms. The summed E-state index contributed by atoms with van der Waals surface area (Å²) >= 11 is 0. The van der Waals surface area contributed by atoms with Crippen LogP contribution in [0.5, 0.6) is 0 Å². The summed E-state index contributed by atoms with van der Waals surface area (Å²) in [6, 6.07) is 12.4. The first-order valence-corrected chi connectivity index (χ1v) is 10.2. The Kier molecular flexibility index (Phi) is 5.02. The Morgan fingerprint density at radius 2 is 1.73 bits per heavy atom. The molecular weight excluding hydrogens is 383 g/mol. The van der Waals surface area contributed by atoms with Gasteiger partial charge in [-0.05, 0) is 49.3 Å². The summed E-state index contributed by atoms with van der Waals surface area (Å²) in [7, 11) is 0. The number of amidine groups is 1. The van der Waals surface area contributed by atoms with E-state index in [2.05, 4.69) is 30.3 Å². The number of benzene rings is 2. The standard InChI is InChI=1S/C22H23FN6O/c23-16-7-5-15(6-8-16)13-28-9-2-10-29(12-11-28)14-19-24-18-4-1-3-17-20(18)21(25-19)26-27-22(17)30/h1,3-8H,2,9-14H2,(H,27,30)(H,24,25,26). The van der Waals surface area contributed by atoms with Gasteiger partial charge in [0, 0.05) is 19.6 Å². The lowest BCUT2D eigenvalue weighted by molar-refractivity contribution is 0.264. The minimum absolute atomic E-state index is 0.197. The number of halogens is 1. The van der Waals surface area contributed by atoms with Gasteiger partial charge in [-0.2, -0.15) is 5.10 Å². The molecule has 0 amide bonds. The zero-order valence-corrected chi connectivity index (χ0v) is 16.6. The summed E-state index contributed by atoms with van der Waals surface area (Å²) in [6.45, 7) is 5.40. The van der Waals surface area contributed by atoms with E-state index >= 15 is 0 Å². The Hall–Kier alpha value is -3.10. The van der Waals surface area contributed by atoms with Gasteiger partial charge in [-0.3, -0.25) is 14.6 Å². The molecule has 5 rings (SSSR count). The molecule has 0 bridgehead atoms. The number of hydrogen-bond acceptors (Lipinski definition) is 6. The van der Waals surface area contributed by atoms with Crippen LogP contribution in [-0.4, -0.2) is 58.6 Å². The van der Waals surface area contributed by atoms with E-state index in [1.165, 1.54) is 12.1 Å². The fraction of sp³-hybridized carbons (Fsp3) is 0.318. The first-order chi connectivity index (χ1) is 14.7. The molecule has 2 aliphatic rings. The molecule has 1 aromatic heterocycles. The van der Waals surface area contributed by atoms with E-state index in [1.54, 1.807) is 6.07 Å². The highest BCUT2D eigenvalue weighted by Crippen LogP contribution is 2.31. The van der Waals surface area contributed by atoms with Crippen LogP contribution in [0.2, 0.25) is 0 Å². The number of H-pyrrole nitrogens is 1. The number of hydrogen-bond donors (Lipinski definition) is 2. The molecular formula is C22H23FN6O. The smallest absolute Gasteiger partial charge is 0.272 e. The number of anilines is 1. The van der Waals surface area contributed by atoms with Gasteiger partial charge in [0.25, 0.3) is 5.56 Å². The van der Waals surface area contributed by atoms with Crippen LogP contribution in [0.15, 0.2) is 52.3 Å². The topological polar surface area (TPSA) is 76.6 Å². The van der Waals surface area contributed by atoms with Crippen molar-refractivity contribution in [1.29, 1.82) is 0 Å². The number of rotatable bonds is 4. The maximum Gasteiger partial charge on any atom is 0.272 e. The summed E-state index contributed by atoms with van der Waals surface area (Å²) in [5.74, 6) is 1.20. The molecule has 1 saturated heterocycles. The molecule has 0 radical (unpaired) electrons. The van der Waals surface area contributed by atoms with E-state index in [-0.39, 0.29) is 11.4 Å². The van der Waals surface area contributed by atoms with E-state index in [0.717, 1.165) is 61.6 Å². The predicted molar refractivity (Wildman–Crippen MR) is 116 cm³/mol. The molecule has 0 atom stereocenters. The number of nitrogens with one attached hydrogen (secondary N) is 2. The summed E-state index contributed by atoms with van der Waals surface area (Å²) in [5, 5.41) is 11.4. The SMILES string of the molecule is O=c1[nH]nc2c3c(cccc13)NC(CN1CCCN(Cc3ccc(F)cc3)CC1)=N2. The van der Waals surface area contributed by atoms with Crippen LogP contribution in [0.4, 0.5) is 15.9 Å². The maximum absolute atomic E-state index is 13.1. The van der Waals surface area contributed by atoms with Crippen LogP contribution in [0.3, 0.4) is 0 Å². The summed E-state index contributed by atoms with van der Waals surface area (Å²) < 4.78 is 13.1. The van der Waals surface area contributed by atoms with Crippen molar-refractivity contribution >= 4 is 28.1 Å². The first-order valence-electron chi connectivity index (χ1n) is 10.2. The van der Waals surface area contributed by atoms with Gasteiger partial charge in [0.15, 0.2) is 5.82 Å². The minimum Gasteiger partial charge on any atom is -0.342 e. The molecule has 3 aromatic rings. The van der Waals surface area contributed by atoms with Gasteiger partial charge >= 0.3 is 0 Å². The Morgan fingerprint density at radius 1 is 0.967 bits per heavy atom. The molecule has 0 saturated carbocycles. The van der Waals surface area contributed by atoms with E-state index < -0.39 is 0 Å². The average molecular weight is 406 g/mol. The summed E-state index contributed by atoms with van der Waals surface area (Å²) in [4.78, 5) is 21.5. The van der Waals surface area contributed by atoms with Gasteiger partial charge in [0.1, 0.15) is 11.7 Å². The third-order valence-corrected chi connectivity index (χ3v) is 5.69. The van der Waals surface area contributed by atoms with Crippen molar-refractivity contribution in [2.45, 2.75) is 13.0 Å². The zero-order chi connectivity index (χ0) is 20.5. The van der Waals surface area contributed by atoms with Crippen LogP contribution >= 0.6 is 0 Å². The second-order valence-electron chi connectivity index (χ2n) is 7.82. The van der Waals surface area contributed by atoms with Crippen LogP contribution in [0.1, 0.15) is 12.0 Å². The van der Waals surface area contributed by atoms with Gasteiger partial charge in [-0.1, -0.05) is 18.2 Å². The number of nitrogens with zero attached hydrogens (tertiary/aromatic N) is 4. The van der Waals surface area contributed by atoms with Gasteiger partial charge in [0.2, 0.25) is 0 Å². The monoisotopic (exact) mass is 406 g/mol. The van der Waals surface area contributed by atoms with Crippen LogP contribution in [-0.2, 0) is 6.54 Å². The first kappa shape index (κ1) is 18.9. The zero-order valence-electron chi connectivity index (χ0n) is 16.6. The van der Waals surface area contributed by atoms with Crippen molar-refractivity contribution in [3.63, 3.8) is 0 Å². The van der Waals surface area contributed by atoms with Crippen LogP contribution in [0, 0.1) is 5.82 Å². The average Bonchev–Trinajstić information content (AvgIpc) is 2.97. The Balaban J connectivity index is 1.26. The van der Waals surface area contributed by atoms with E-state index in [0.29, 0.717) is 17.7 Å². The molecule has 7 nitrogen and oxygen atoms in total. The lowest BCUT2D eigenvalue weighted by Gasteiger charge is -2.24. The van der Waals surface area contributed by atoms with E-state index in [4.69, 9.17) is 0 Å². The van der Waals surface area contributed by atoms with Gasteiger partial charge in [-0.25, -0.2) is 14.5 Å². The van der Waals surface area contributed by atoms with Crippen molar-refractivity contribution in [3.8, 4) is 0 Å². The molecule has 2 aliphatic heterocycles. The highest BCUT2D eigenvalue weighted by molar-refractivity contribution is 6.12. The summed E-state index contributed by atoms with van der Waals surface area (Å²) in [5.41, 5.74) is 1.80. The van der Waals surface area contributed by atoms with Gasteiger partial charge < -0.3 is 5.32 Å². The fourth-order valence-corrected chi connectivity index (χ4v) is 4.17. The van der Waals surface area contributed by atoms with Crippen molar-refractivity contribution < 1.29 is 4.39 Å². The van der Waals surface area contributed by atoms with E-state index in [1.807, 2.05) is 24.3 Å². The molecule has 30 heavy (non-hydrogen) atoms.